The average molecular weight is 345 g/mol. The van der Waals surface area contributed by atoms with E-state index >= 15 is 0 Å². The van der Waals surface area contributed by atoms with Crippen LogP contribution in [0.1, 0.15) is 36.3 Å². The van der Waals surface area contributed by atoms with Crippen molar-refractivity contribution in [3.8, 4) is 0 Å². The molecule has 1 unspecified atom stereocenters. The molecule has 0 spiro atoms. The predicted molar refractivity (Wildman–Crippen MR) is 110 cm³/mol. The summed E-state index contributed by atoms with van der Waals surface area (Å²) in [7, 11) is 0. The fraction of sp³-hybridized carbons (Fsp3) is 0.250. The molecule has 0 aliphatic heterocycles. The van der Waals surface area contributed by atoms with Gasteiger partial charge in [0.25, 0.3) is 0 Å². The molecule has 0 bridgehead atoms. The molecule has 1 heteroatoms. The van der Waals surface area contributed by atoms with E-state index in [1.165, 1.54) is 40.9 Å². The van der Waals surface area contributed by atoms with Crippen molar-refractivity contribution in [1.82, 2.24) is 0 Å². The first-order chi connectivity index (χ1) is 12.4. The maximum atomic E-state index is 2.45. The fourth-order valence-electron chi connectivity index (χ4n) is 3.76. The molecule has 4 rings (SSSR count). The minimum Gasteiger partial charge on any atom is -0.126 e. The smallest absolute Gasteiger partial charge is 0.0183 e. The molecule has 2 aliphatic carbocycles. The Labute approximate surface area is 155 Å². The third-order valence-electron chi connectivity index (χ3n) is 5.20. The van der Waals surface area contributed by atoms with Gasteiger partial charge >= 0.3 is 0 Å². The molecule has 0 N–H and O–H groups in total. The van der Waals surface area contributed by atoms with E-state index in [0.717, 1.165) is 11.7 Å². The number of thioether (sulfide) groups is 1. The van der Waals surface area contributed by atoms with E-state index in [4.69, 9.17) is 0 Å². The van der Waals surface area contributed by atoms with Crippen LogP contribution in [0.4, 0.5) is 0 Å². The van der Waals surface area contributed by atoms with Gasteiger partial charge in [-0.25, -0.2) is 0 Å². The highest BCUT2D eigenvalue weighted by molar-refractivity contribution is 8.03. The standard InChI is InChI=1S/C24H24S/c1-3-10-20(11-4-1)24(21-12-5-2-6-13-21)18-25-23-16-15-19-9-7-8-14-22(19)17-23/h1-6,8,10-14,16-17,19,24H,7,9,15,18H2. The molecule has 0 nitrogen and oxygen atoms in total. The van der Waals surface area contributed by atoms with Crippen LogP contribution < -0.4 is 0 Å². The Morgan fingerprint density at radius 1 is 0.920 bits per heavy atom. The monoisotopic (exact) mass is 344 g/mol. The topological polar surface area (TPSA) is 0 Å². The average Bonchev–Trinajstić information content (AvgIpc) is 2.70. The third kappa shape index (κ3) is 3.99. The molecule has 25 heavy (non-hydrogen) atoms. The van der Waals surface area contributed by atoms with Gasteiger partial charge in [-0.1, -0.05) is 78.9 Å². The van der Waals surface area contributed by atoms with Crippen LogP contribution in [0.5, 0.6) is 0 Å². The third-order valence-corrected chi connectivity index (χ3v) is 6.31. The summed E-state index contributed by atoms with van der Waals surface area (Å²) in [5.74, 6) is 2.28. The van der Waals surface area contributed by atoms with Gasteiger partial charge in [-0.15, -0.1) is 11.8 Å². The molecule has 2 aromatic carbocycles. The number of benzene rings is 2. The van der Waals surface area contributed by atoms with Crippen LogP contribution in [0.25, 0.3) is 0 Å². The second-order valence-corrected chi connectivity index (χ2v) is 7.94. The number of rotatable bonds is 5. The van der Waals surface area contributed by atoms with Gasteiger partial charge in [-0.05, 0) is 48.0 Å². The highest BCUT2D eigenvalue weighted by Crippen LogP contribution is 2.38. The highest BCUT2D eigenvalue weighted by Gasteiger charge is 2.20. The molecule has 2 aromatic rings. The van der Waals surface area contributed by atoms with Crippen LogP contribution in [-0.4, -0.2) is 5.75 Å². The fourth-order valence-corrected chi connectivity index (χ4v) is 4.93. The molecule has 126 valence electrons. The zero-order valence-electron chi connectivity index (χ0n) is 14.5. The van der Waals surface area contributed by atoms with Crippen molar-refractivity contribution in [1.29, 1.82) is 0 Å². The lowest BCUT2D eigenvalue weighted by Gasteiger charge is -2.25. The maximum absolute atomic E-state index is 2.45. The summed E-state index contributed by atoms with van der Waals surface area (Å²) < 4.78 is 0. The summed E-state index contributed by atoms with van der Waals surface area (Å²) >= 11 is 2.00. The maximum Gasteiger partial charge on any atom is 0.0183 e. The van der Waals surface area contributed by atoms with Crippen molar-refractivity contribution in [2.45, 2.75) is 25.2 Å². The van der Waals surface area contributed by atoms with Gasteiger partial charge in [0, 0.05) is 16.6 Å². The van der Waals surface area contributed by atoms with E-state index in [0.29, 0.717) is 5.92 Å². The first-order valence-corrected chi connectivity index (χ1v) is 10.2. The molecular formula is C24H24S. The number of allylic oxidation sites excluding steroid dienone is 5. The highest BCUT2D eigenvalue weighted by atomic mass is 32.2. The van der Waals surface area contributed by atoms with Gasteiger partial charge in [0.1, 0.15) is 0 Å². The first kappa shape index (κ1) is 16.5. The minimum atomic E-state index is 0.436. The van der Waals surface area contributed by atoms with E-state index < -0.39 is 0 Å². The lowest BCUT2D eigenvalue weighted by molar-refractivity contribution is 0.565. The molecule has 2 aliphatic rings. The molecule has 0 saturated heterocycles. The van der Waals surface area contributed by atoms with Crippen molar-refractivity contribution in [2.75, 3.05) is 5.75 Å². The van der Waals surface area contributed by atoms with E-state index in [2.05, 4.69) is 85.0 Å². The summed E-state index contributed by atoms with van der Waals surface area (Å²) in [6.07, 6.45) is 13.3. The Morgan fingerprint density at radius 3 is 2.28 bits per heavy atom. The second-order valence-electron chi connectivity index (χ2n) is 6.85. The molecule has 0 radical (unpaired) electrons. The van der Waals surface area contributed by atoms with Crippen LogP contribution in [0, 0.1) is 5.92 Å². The summed E-state index contributed by atoms with van der Waals surface area (Å²) in [5, 5.41) is 0. The van der Waals surface area contributed by atoms with Crippen LogP contribution >= 0.6 is 11.8 Å². The predicted octanol–water partition coefficient (Wildman–Crippen LogP) is 6.73. The Kier molecular flexibility index (Phi) is 5.22. The summed E-state index contributed by atoms with van der Waals surface area (Å²) in [4.78, 5) is 1.44. The van der Waals surface area contributed by atoms with Crippen LogP contribution in [0.15, 0.2) is 95.4 Å². The number of hydrogen-bond acceptors (Lipinski definition) is 1. The van der Waals surface area contributed by atoms with Crippen molar-refractivity contribution < 1.29 is 0 Å². The molecular weight excluding hydrogens is 320 g/mol. The van der Waals surface area contributed by atoms with Gasteiger partial charge < -0.3 is 0 Å². The summed E-state index contributed by atoms with van der Waals surface area (Å²) in [5.41, 5.74) is 4.34. The molecule has 0 fully saturated rings. The van der Waals surface area contributed by atoms with Gasteiger partial charge in [-0.3, -0.25) is 0 Å². The van der Waals surface area contributed by atoms with Gasteiger partial charge in [0.05, 0.1) is 0 Å². The van der Waals surface area contributed by atoms with E-state index in [1.807, 2.05) is 11.8 Å². The Morgan fingerprint density at radius 2 is 1.60 bits per heavy atom. The second kappa shape index (κ2) is 7.93. The lowest BCUT2D eigenvalue weighted by Crippen LogP contribution is -2.09. The minimum absolute atomic E-state index is 0.436. The Bertz CT molecular complexity index is 744. The van der Waals surface area contributed by atoms with Gasteiger partial charge in [-0.2, -0.15) is 0 Å². The van der Waals surface area contributed by atoms with E-state index in [9.17, 15) is 0 Å². The van der Waals surface area contributed by atoms with Gasteiger partial charge in [0.15, 0.2) is 0 Å². The van der Waals surface area contributed by atoms with Gasteiger partial charge in [0.2, 0.25) is 0 Å². The van der Waals surface area contributed by atoms with E-state index in [-0.39, 0.29) is 0 Å². The molecule has 0 saturated carbocycles. The summed E-state index contributed by atoms with van der Waals surface area (Å²) in [6, 6.07) is 21.8. The number of fused-ring (bicyclic) bond motifs is 1. The summed E-state index contributed by atoms with van der Waals surface area (Å²) in [6.45, 7) is 0. The Hall–Kier alpha value is -1.99. The normalized spacial score (nSPS) is 19.3. The largest absolute Gasteiger partial charge is 0.126 e. The quantitative estimate of drug-likeness (QED) is 0.579. The lowest BCUT2D eigenvalue weighted by atomic mass is 9.84. The van der Waals surface area contributed by atoms with E-state index in [1.54, 1.807) is 0 Å². The van der Waals surface area contributed by atoms with Crippen molar-refractivity contribution in [3.05, 3.63) is 107 Å². The first-order valence-electron chi connectivity index (χ1n) is 9.21. The molecule has 0 aromatic heterocycles. The van der Waals surface area contributed by atoms with Crippen molar-refractivity contribution in [3.63, 3.8) is 0 Å². The van der Waals surface area contributed by atoms with Crippen molar-refractivity contribution >= 4 is 11.8 Å². The zero-order valence-corrected chi connectivity index (χ0v) is 15.3. The molecule has 0 heterocycles. The van der Waals surface area contributed by atoms with Crippen LogP contribution in [0.2, 0.25) is 0 Å². The molecule has 0 amide bonds. The SMILES string of the molecule is C1=CC2=CC(SCC(c3ccccc3)c3ccccc3)=CCC2CC1. The molecule has 1 atom stereocenters. The number of hydrogen-bond donors (Lipinski definition) is 0. The van der Waals surface area contributed by atoms with Crippen LogP contribution in [-0.2, 0) is 0 Å². The van der Waals surface area contributed by atoms with Crippen LogP contribution in [0.3, 0.4) is 0 Å². The Balaban J connectivity index is 1.52. The zero-order chi connectivity index (χ0) is 16.9. The van der Waals surface area contributed by atoms with Crippen molar-refractivity contribution in [2.24, 2.45) is 5.92 Å².